The molecule has 0 aliphatic carbocycles. The van der Waals surface area contributed by atoms with Gasteiger partial charge in [0.05, 0.1) is 0 Å². The molecule has 0 aliphatic rings. The van der Waals surface area contributed by atoms with Crippen LogP contribution in [0.2, 0.25) is 0 Å². The maximum absolute atomic E-state index is 2.52. The van der Waals surface area contributed by atoms with Gasteiger partial charge in [-0.2, -0.15) is 0 Å². The molecule has 0 rings (SSSR count). The molecule has 0 N–H and O–H groups in total. The van der Waals surface area contributed by atoms with Crippen LogP contribution in [0.4, 0.5) is 0 Å². The largest absolute Gasteiger partial charge is 0.0784 e. The third-order valence-corrected chi connectivity index (χ3v) is 4.62. The Balaban J connectivity index is 5.29. The molecular formula is C20H36. The minimum atomic E-state index is 0.557. The Morgan fingerprint density at radius 2 is 1.45 bits per heavy atom. The first-order valence-corrected chi connectivity index (χ1v) is 8.27. The predicted octanol–water partition coefficient (Wildman–Crippen LogP) is 6.94. The highest BCUT2D eigenvalue weighted by atomic mass is 14.2. The van der Waals surface area contributed by atoms with Crippen LogP contribution in [0.1, 0.15) is 75.2 Å². The molecule has 0 bridgehead atoms. The predicted molar refractivity (Wildman–Crippen MR) is 94.0 cm³/mol. The highest BCUT2D eigenvalue weighted by Gasteiger charge is 2.11. The highest BCUT2D eigenvalue weighted by molar-refractivity contribution is 5.23. The molecule has 0 fully saturated rings. The molecule has 0 aromatic heterocycles. The van der Waals surface area contributed by atoms with Crippen molar-refractivity contribution in [2.24, 2.45) is 17.8 Å². The number of rotatable bonds is 7. The molecule has 0 saturated heterocycles. The first-order valence-electron chi connectivity index (χ1n) is 8.27. The fourth-order valence-corrected chi connectivity index (χ4v) is 2.46. The van der Waals surface area contributed by atoms with E-state index in [4.69, 9.17) is 0 Å². The summed E-state index contributed by atoms with van der Waals surface area (Å²) in [5.74, 6) is 1.81. The van der Waals surface area contributed by atoms with Gasteiger partial charge < -0.3 is 0 Å². The zero-order chi connectivity index (χ0) is 15.9. The van der Waals surface area contributed by atoms with Crippen molar-refractivity contribution in [2.75, 3.05) is 0 Å². The van der Waals surface area contributed by atoms with Gasteiger partial charge in [0, 0.05) is 0 Å². The van der Waals surface area contributed by atoms with E-state index in [1.54, 1.807) is 5.57 Å². The smallest absolute Gasteiger partial charge is 0.00233 e. The minimum Gasteiger partial charge on any atom is -0.0784 e. The van der Waals surface area contributed by atoms with Crippen LogP contribution in [-0.2, 0) is 0 Å². The fraction of sp³-hybridized carbons (Fsp3) is 0.700. The maximum Gasteiger partial charge on any atom is -0.00233 e. The van der Waals surface area contributed by atoms with E-state index >= 15 is 0 Å². The van der Waals surface area contributed by atoms with Gasteiger partial charge in [-0.05, 0) is 58.3 Å². The van der Waals surface area contributed by atoms with Crippen LogP contribution in [0.5, 0.6) is 0 Å². The van der Waals surface area contributed by atoms with E-state index in [0.29, 0.717) is 17.8 Å². The second-order valence-electron chi connectivity index (χ2n) is 6.65. The Hall–Kier alpha value is -0.780. The van der Waals surface area contributed by atoms with E-state index in [9.17, 15) is 0 Å². The van der Waals surface area contributed by atoms with Gasteiger partial charge >= 0.3 is 0 Å². The Morgan fingerprint density at radius 1 is 0.900 bits per heavy atom. The summed E-state index contributed by atoms with van der Waals surface area (Å²) in [4.78, 5) is 0. The summed E-state index contributed by atoms with van der Waals surface area (Å²) in [7, 11) is 0. The van der Waals surface area contributed by atoms with Gasteiger partial charge in [-0.15, -0.1) is 0 Å². The van der Waals surface area contributed by atoms with Crippen molar-refractivity contribution in [1.29, 1.82) is 0 Å². The van der Waals surface area contributed by atoms with Gasteiger partial charge in [-0.1, -0.05) is 69.1 Å². The molecule has 20 heavy (non-hydrogen) atoms. The summed E-state index contributed by atoms with van der Waals surface area (Å²) in [6.45, 7) is 20.5. The summed E-state index contributed by atoms with van der Waals surface area (Å²) in [5.41, 5.74) is 6.08. The lowest BCUT2D eigenvalue weighted by Gasteiger charge is -2.19. The van der Waals surface area contributed by atoms with Gasteiger partial charge in [0.25, 0.3) is 0 Å². The molecule has 0 nitrogen and oxygen atoms in total. The van der Waals surface area contributed by atoms with Gasteiger partial charge in [0.1, 0.15) is 0 Å². The zero-order valence-electron chi connectivity index (χ0n) is 15.3. The lowest BCUT2D eigenvalue weighted by atomic mass is 9.86. The van der Waals surface area contributed by atoms with Crippen molar-refractivity contribution in [2.45, 2.75) is 75.2 Å². The maximum atomic E-state index is 2.52. The molecule has 0 amide bonds. The van der Waals surface area contributed by atoms with Crippen molar-refractivity contribution in [3.8, 4) is 0 Å². The van der Waals surface area contributed by atoms with Crippen molar-refractivity contribution in [3.63, 3.8) is 0 Å². The van der Waals surface area contributed by atoms with E-state index in [2.05, 4.69) is 74.5 Å². The first kappa shape index (κ1) is 19.2. The van der Waals surface area contributed by atoms with Gasteiger partial charge in [-0.3, -0.25) is 0 Å². The summed E-state index contributed by atoms with van der Waals surface area (Å²) in [6.07, 6.45) is 7.32. The van der Waals surface area contributed by atoms with Crippen molar-refractivity contribution < 1.29 is 0 Å². The molecule has 0 heterocycles. The second kappa shape index (κ2) is 9.21. The van der Waals surface area contributed by atoms with Crippen LogP contribution in [0, 0.1) is 17.8 Å². The zero-order valence-corrected chi connectivity index (χ0v) is 15.3. The van der Waals surface area contributed by atoms with Crippen LogP contribution in [0.25, 0.3) is 0 Å². The lowest BCUT2D eigenvalue weighted by molar-refractivity contribution is 0.680. The quantitative estimate of drug-likeness (QED) is 0.442. The van der Waals surface area contributed by atoms with E-state index in [1.165, 1.54) is 23.1 Å². The molecule has 116 valence electrons. The van der Waals surface area contributed by atoms with Crippen LogP contribution < -0.4 is 0 Å². The average Bonchev–Trinajstić information content (AvgIpc) is 2.38. The minimum absolute atomic E-state index is 0.557. The molecule has 0 aromatic carbocycles. The molecule has 0 aromatic rings. The molecule has 0 aliphatic heterocycles. The molecule has 2 unspecified atom stereocenters. The van der Waals surface area contributed by atoms with Crippen LogP contribution >= 0.6 is 0 Å². The van der Waals surface area contributed by atoms with Gasteiger partial charge in [0.15, 0.2) is 0 Å². The normalized spacial score (nSPS) is 16.3. The van der Waals surface area contributed by atoms with Gasteiger partial charge in [0.2, 0.25) is 0 Å². The number of hydrogen-bond donors (Lipinski definition) is 0. The molecular weight excluding hydrogens is 240 g/mol. The SMILES string of the molecule is CCC(=CC(CC)C(C)=C(C)C)C(C)C=C(C)C(C)C. The summed E-state index contributed by atoms with van der Waals surface area (Å²) >= 11 is 0. The topological polar surface area (TPSA) is 0 Å². The number of allylic oxidation sites excluding steroid dienone is 6. The Kier molecular flexibility index (Phi) is 8.85. The van der Waals surface area contributed by atoms with E-state index in [1.807, 2.05) is 0 Å². The summed E-state index contributed by atoms with van der Waals surface area (Å²) < 4.78 is 0. The van der Waals surface area contributed by atoms with Gasteiger partial charge in [-0.25, -0.2) is 0 Å². The van der Waals surface area contributed by atoms with Crippen LogP contribution in [-0.4, -0.2) is 0 Å². The monoisotopic (exact) mass is 276 g/mol. The Labute approximate surface area is 128 Å². The molecule has 0 saturated carbocycles. The third kappa shape index (κ3) is 6.11. The second-order valence-corrected chi connectivity index (χ2v) is 6.65. The molecule has 0 heteroatoms. The van der Waals surface area contributed by atoms with E-state index in [0.717, 1.165) is 6.42 Å². The van der Waals surface area contributed by atoms with Crippen molar-refractivity contribution in [3.05, 3.63) is 34.4 Å². The molecule has 2 atom stereocenters. The Bertz CT molecular complexity index is 373. The van der Waals surface area contributed by atoms with Crippen molar-refractivity contribution in [1.82, 2.24) is 0 Å². The third-order valence-electron chi connectivity index (χ3n) is 4.62. The highest BCUT2D eigenvalue weighted by Crippen LogP contribution is 2.27. The summed E-state index contributed by atoms with van der Waals surface area (Å²) in [5, 5.41) is 0. The Morgan fingerprint density at radius 3 is 1.80 bits per heavy atom. The van der Waals surface area contributed by atoms with E-state index in [-0.39, 0.29) is 0 Å². The summed E-state index contributed by atoms with van der Waals surface area (Å²) in [6, 6.07) is 0. The van der Waals surface area contributed by atoms with Crippen LogP contribution in [0.15, 0.2) is 34.4 Å². The molecule has 0 radical (unpaired) electrons. The van der Waals surface area contributed by atoms with E-state index < -0.39 is 0 Å². The standard InChI is InChI=1S/C20H36/c1-10-19(17(8)12-16(7)14(3)4)13-20(11-2)18(9)15(5)6/h12-14,17,20H,10-11H2,1-9H3. The first-order chi connectivity index (χ1) is 9.24. The molecule has 0 spiro atoms. The number of hydrogen-bond acceptors (Lipinski definition) is 0. The lowest BCUT2D eigenvalue weighted by Crippen LogP contribution is -2.05. The average molecular weight is 277 g/mol. The van der Waals surface area contributed by atoms with Crippen LogP contribution in [0.3, 0.4) is 0 Å². The fourth-order valence-electron chi connectivity index (χ4n) is 2.46. The van der Waals surface area contributed by atoms with Crippen molar-refractivity contribution >= 4 is 0 Å².